The standard InChI is InChI=1S/C17H15N3O/c1-11(2)13-5-8-15-16(9-13)20-17(19-15)12-3-6-14(7-4-12)18-10-21/h3-9,11H,1-2H3,(H,19,20). The molecule has 0 unspecified atom stereocenters. The number of isocyanates is 1. The highest BCUT2D eigenvalue weighted by Gasteiger charge is 2.07. The summed E-state index contributed by atoms with van der Waals surface area (Å²) in [5, 5.41) is 0. The average molecular weight is 277 g/mol. The Morgan fingerprint density at radius 2 is 1.90 bits per heavy atom. The molecule has 1 aromatic heterocycles. The van der Waals surface area contributed by atoms with Gasteiger partial charge in [-0.25, -0.2) is 9.78 Å². The molecule has 0 saturated carbocycles. The Labute approximate surface area is 122 Å². The minimum Gasteiger partial charge on any atom is -0.338 e. The number of aromatic amines is 1. The number of aromatic nitrogens is 2. The molecule has 0 amide bonds. The number of nitrogens with zero attached hydrogens (tertiary/aromatic N) is 2. The minimum atomic E-state index is 0.488. The molecule has 4 nitrogen and oxygen atoms in total. The normalized spacial score (nSPS) is 10.8. The van der Waals surface area contributed by atoms with E-state index in [1.165, 1.54) is 11.6 Å². The number of H-pyrrole nitrogens is 1. The minimum absolute atomic E-state index is 0.488. The van der Waals surface area contributed by atoms with E-state index in [0.29, 0.717) is 11.6 Å². The van der Waals surface area contributed by atoms with E-state index in [1.54, 1.807) is 12.1 Å². The predicted octanol–water partition coefficient (Wildman–Crippen LogP) is 4.32. The lowest BCUT2D eigenvalue weighted by Gasteiger charge is -2.03. The van der Waals surface area contributed by atoms with Crippen molar-refractivity contribution in [3.8, 4) is 11.4 Å². The van der Waals surface area contributed by atoms with Gasteiger partial charge in [0.1, 0.15) is 5.82 Å². The second-order valence-electron chi connectivity index (χ2n) is 5.27. The molecular weight excluding hydrogens is 262 g/mol. The third-order valence-corrected chi connectivity index (χ3v) is 3.49. The van der Waals surface area contributed by atoms with Crippen LogP contribution >= 0.6 is 0 Å². The first kappa shape index (κ1) is 13.3. The first-order chi connectivity index (χ1) is 10.2. The fourth-order valence-electron chi connectivity index (χ4n) is 2.27. The van der Waals surface area contributed by atoms with Crippen molar-refractivity contribution in [1.29, 1.82) is 0 Å². The van der Waals surface area contributed by atoms with E-state index in [2.05, 4.69) is 40.9 Å². The molecule has 21 heavy (non-hydrogen) atoms. The summed E-state index contributed by atoms with van der Waals surface area (Å²) in [6, 6.07) is 13.6. The van der Waals surface area contributed by atoms with Crippen molar-refractivity contribution >= 4 is 22.8 Å². The van der Waals surface area contributed by atoms with Crippen molar-refractivity contribution < 1.29 is 4.79 Å². The number of rotatable bonds is 3. The summed E-state index contributed by atoms with van der Waals surface area (Å²) in [4.78, 5) is 21.7. The maximum Gasteiger partial charge on any atom is 0.240 e. The summed E-state index contributed by atoms with van der Waals surface area (Å²) in [6.45, 7) is 4.34. The van der Waals surface area contributed by atoms with Crippen LogP contribution in [0.3, 0.4) is 0 Å². The third kappa shape index (κ3) is 2.62. The zero-order chi connectivity index (χ0) is 14.8. The average Bonchev–Trinajstić information content (AvgIpc) is 2.91. The van der Waals surface area contributed by atoms with Crippen molar-refractivity contribution in [2.24, 2.45) is 4.99 Å². The van der Waals surface area contributed by atoms with Gasteiger partial charge in [-0.1, -0.05) is 19.9 Å². The lowest BCUT2D eigenvalue weighted by atomic mass is 10.0. The summed E-state index contributed by atoms with van der Waals surface area (Å²) in [5.41, 5.74) is 4.82. The Balaban J connectivity index is 2.02. The number of aliphatic imine (C=N–C) groups is 1. The summed E-state index contributed by atoms with van der Waals surface area (Å²) in [6.07, 6.45) is 1.53. The topological polar surface area (TPSA) is 58.1 Å². The number of nitrogens with one attached hydrogen (secondary N) is 1. The van der Waals surface area contributed by atoms with Crippen LogP contribution in [0.2, 0.25) is 0 Å². The van der Waals surface area contributed by atoms with Gasteiger partial charge in [0.2, 0.25) is 6.08 Å². The van der Waals surface area contributed by atoms with Crippen molar-refractivity contribution in [3.05, 3.63) is 48.0 Å². The first-order valence-electron chi connectivity index (χ1n) is 6.85. The zero-order valence-corrected chi connectivity index (χ0v) is 11.9. The molecular formula is C17H15N3O. The molecule has 104 valence electrons. The lowest BCUT2D eigenvalue weighted by molar-refractivity contribution is 0.565. The highest BCUT2D eigenvalue weighted by atomic mass is 16.1. The number of hydrogen-bond donors (Lipinski definition) is 1. The zero-order valence-electron chi connectivity index (χ0n) is 11.9. The van der Waals surface area contributed by atoms with Gasteiger partial charge < -0.3 is 4.98 Å². The first-order valence-corrected chi connectivity index (χ1v) is 6.85. The van der Waals surface area contributed by atoms with Gasteiger partial charge in [0.15, 0.2) is 0 Å². The maximum absolute atomic E-state index is 10.2. The van der Waals surface area contributed by atoms with Gasteiger partial charge in [-0.3, -0.25) is 0 Å². The van der Waals surface area contributed by atoms with Crippen molar-refractivity contribution in [3.63, 3.8) is 0 Å². The molecule has 0 spiro atoms. The molecule has 3 aromatic rings. The van der Waals surface area contributed by atoms with Gasteiger partial charge in [-0.2, -0.15) is 4.99 Å². The Bertz CT molecular complexity index is 825. The SMILES string of the molecule is CC(C)c1ccc2nc(-c3ccc(N=C=O)cc3)[nH]c2c1. The van der Waals surface area contributed by atoms with Crippen LogP contribution in [0.5, 0.6) is 0 Å². The monoisotopic (exact) mass is 277 g/mol. The Morgan fingerprint density at radius 3 is 2.57 bits per heavy atom. The van der Waals surface area contributed by atoms with Crippen molar-refractivity contribution in [2.45, 2.75) is 19.8 Å². The number of fused-ring (bicyclic) bond motifs is 1. The molecule has 0 atom stereocenters. The van der Waals surface area contributed by atoms with E-state index in [1.807, 2.05) is 18.2 Å². The fraction of sp³-hybridized carbons (Fsp3) is 0.176. The maximum atomic E-state index is 10.2. The van der Waals surface area contributed by atoms with E-state index in [0.717, 1.165) is 22.4 Å². The fourth-order valence-corrected chi connectivity index (χ4v) is 2.27. The smallest absolute Gasteiger partial charge is 0.240 e. The molecule has 0 bridgehead atoms. The van der Waals surface area contributed by atoms with E-state index in [9.17, 15) is 4.79 Å². The third-order valence-electron chi connectivity index (χ3n) is 3.49. The van der Waals surface area contributed by atoms with Gasteiger partial charge in [-0.05, 0) is 47.9 Å². The molecule has 4 heteroatoms. The van der Waals surface area contributed by atoms with Gasteiger partial charge >= 0.3 is 0 Å². The number of hydrogen-bond acceptors (Lipinski definition) is 3. The highest BCUT2D eigenvalue weighted by Crippen LogP contribution is 2.25. The molecule has 0 aliphatic rings. The molecule has 2 aromatic carbocycles. The molecule has 3 rings (SSSR count). The molecule has 1 N–H and O–H groups in total. The van der Waals surface area contributed by atoms with Crippen LogP contribution < -0.4 is 0 Å². The quantitative estimate of drug-likeness (QED) is 0.572. The summed E-state index contributed by atoms with van der Waals surface area (Å²) < 4.78 is 0. The lowest BCUT2D eigenvalue weighted by Crippen LogP contribution is -1.85. The molecule has 0 radical (unpaired) electrons. The van der Waals surface area contributed by atoms with Crippen molar-refractivity contribution in [2.75, 3.05) is 0 Å². The van der Waals surface area contributed by atoms with Crippen LogP contribution in [0.4, 0.5) is 5.69 Å². The van der Waals surface area contributed by atoms with Gasteiger partial charge in [-0.15, -0.1) is 0 Å². The van der Waals surface area contributed by atoms with Gasteiger partial charge in [0.25, 0.3) is 0 Å². The van der Waals surface area contributed by atoms with E-state index < -0.39 is 0 Å². The summed E-state index contributed by atoms with van der Waals surface area (Å²) in [7, 11) is 0. The predicted molar refractivity (Wildman–Crippen MR) is 83.4 cm³/mol. The Hall–Kier alpha value is -2.71. The van der Waals surface area contributed by atoms with Crippen LogP contribution in [0.25, 0.3) is 22.4 Å². The number of carbonyl (C=O) groups excluding carboxylic acids is 1. The van der Waals surface area contributed by atoms with Crippen LogP contribution in [-0.2, 0) is 4.79 Å². The van der Waals surface area contributed by atoms with Crippen LogP contribution in [0.15, 0.2) is 47.5 Å². The summed E-state index contributed by atoms with van der Waals surface area (Å²) in [5.74, 6) is 1.30. The van der Waals surface area contributed by atoms with Crippen LogP contribution in [-0.4, -0.2) is 16.0 Å². The molecule has 1 heterocycles. The molecule has 0 fully saturated rings. The Kier molecular flexibility index (Phi) is 3.38. The number of benzene rings is 2. The highest BCUT2D eigenvalue weighted by molar-refractivity contribution is 5.80. The van der Waals surface area contributed by atoms with Crippen LogP contribution in [0, 0.1) is 0 Å². The second kappa shape index (κ2) is 5.35. The van der Waals surface area contributed by atoms with Crippen LogP contribution in [0.1, 0.15) is 25.3 Å². The van der Waals surface area contributed by atoms with E-state index in [-0.39, 0.29) is 0 Å². The second-order valence-corrected chi connectivity index (χ2v) is 5.27. The largest absolute Gasteiger partial charge is 0.338 e. The molecule has 0 aliphatic carbocycles. The van der Waals surface area contributed by atoms with Crippen molar-refractivity contribution in [1.82, 2.24) is 9.97 Å². The molecule has 0 saturated heterocycles. The summed E-state index contributed by atoms with van der Waals surface area (Å²) >= 11 is 0. The molecule has 0 aliphatic heterocycles. The Morgan fingerprint density at radius 1 is 1.14 bits per heavy atom. The van der Waals surface area contributed by atoms with E-state index in [4.69, 9.17) is 0 Å². The van der Waals surface area contributed by atoms with Gasteiger partial charge in [0, 0.05) is 5.56 Å². The number of imidazole rings is 1. The van der Waals surface area contributed by atoms with Gasteiger partial charge in [0.05, 0.1) is 16.7 Å². The van der Waals surface area contributed by atoms with E-state index >= 15 is 0 Å².